The second-order valence-corrected chi connectivity index (χ2v) is 3.85. The lowest BCUT2D eigenvalue weighted by Gasteiger charge is -2.17. The third-order valence-corrected chi connectivity index (χ3v) is 2.75. The average molecular weight is 244 g/mol. The zero-order valence-electron chi connectivity index (χ0n) is 10.5. The third-order valence-electron chi connectivity index (χ3n) is 2.75. The summed E-state index contributed by atoms with van der Waals surface area (Å²) in [5, 5.41) is 3.24. The van der Waals surface area contributed by atoms with E-state index in [1.54, 1.807) is 31.9 Å². The van der Waals surface area contributed by atoms with E-state index in [0.29, 0.717) is 5.88 Å². The van der Waals surface area contributed by atoms with Crippen LogP contribution in [0.5, 0.6) is 5.88 Å². The molecule has 0 aromatic carbocycles. The van der Waals surface area contributed by atoms with Crippen LogP contribution >= 0.6 is 0 Å². The highest BCUT2D eigenvalue weighted by molar-refractivity contribution is 5.24. The summed E-state index contributed by atoms with van der Waals surface area (Å²) in [6, 6.07) is 4.05. The van der Waals surface area contributed by atoms with Crippen molar-refractivity contribution in [3.63, 3.8) is 0 Å². The van der Waals surface area contributed by atoms with Crippen molar-refractivity contribution in [2.45, 2.75) is 12.5 Å². The van der Waals surface area contributed by atoms with E-state index < -0.39 is 0 Å². The van der Waals surface area contributed by atoms with Crippen molar-refractivity contribution in [3.8, 4) is 5.88 Å². The first kappa shape index (κ1) is 12.4. The van der Waals surface area contributed by atoms with Crippen molar-refractivity contribution < 1.29 is 4.74 Å². The van der Waals surface area contributed by atoms with Gasteiger partial charge in [-0.25, -0.2) is 4.98 Å². The third kappa shape index (κ3) is 2.81. The van der Waals surface area contributed by atoms with E-state index in [4.69, 9.17) is 4.74 Å². The van der Waals surface area contributed by atoms with Crippen LogP contribution in [0.1, 0.15) is 17.3 Å². The molecule has 0 aliphatic rings. The molecule has 0 aliphatic heterocycles. The SMILES string of the molecule is CNC(Cc1ccncc1)c1nccnc1OC. The molecule has 2 heterocycles. The van der Waals surface area contributed by atoms with Gasteiger partial charge >= 0.3 is 0 Å². The average Bonchev–Trinajstić information content (AvgIpc) is 2.46. The number of nitrogens with zero attached hydrogens (tertiary/aromatic N) is 3. The quantitative estimate of drug-likeness (QED) is 0.861. The molecule has 2 rings (SSSR count). The Morgan fingerprint density at radius 2 is 1.89 bits per heavy atom. The van der Waals surface area contributed by atoms with Crippen molar-refractivity contribution in [1.82, 2.24) is 20.3 Å². The van der Waals surface area contributed by atoms with Gasteiger partial charge in [-0.2, -0.15) is 0 Å². The first-order valence-corrected chi connectivity index (χ1v) is 5.76. The molecule has 0 spiro atoms. The van der Waals surface area contributed by atoms with Gasteiger partial charge in [0.2, 0.25) is 5.88 Å². The van der Waals surface area contributed by atoms with Crippen molar-refractivity contribution in [2.75, 3.05) is 14.2 Å². The molecule has 0 radical (unpaired) electrons. The van der Waals surface area contributed by atoms with E-state index in [1.807, 2.05) is 19.2 Å². The maximum atomic E-state index is 5.24. The molecule has 5 nitrogen and oxygen atoms in total. The van der Waals surface area contributed by atoms with Gasteiger partial charge in [0.15, 0.2) is 0 Å². The molecular weight excluding hydrogens is 228 g/mol. The lowest BCUT2D eigenvalue weighted by atomic mass is 10.0. The minimum absolute atomic E-state index is 0.0658. The highest BCUT2D eigenvalue weighted by atomic mass is 16.5. The van der Waals surface area contributed by atoms with Crippen molar-refractivity contribution >= 4 is 0 Å². The Bertz CT molecular complexity index is 489. The van der Waals surface area contributed by atoms with Crippen LogP contribution in [0, 0.1) is 0 Å². The standard InChI is InChI=1S/C13H16N4O/c1-14-11(9-10-3-5-15-6-4-10)12-13(18-2)17-8-7-16-12/h3-8,11,14H,9H2,1-2H3. The Morgan fingerprint density at radius 1 is 1.17 bits per heavy atom. The van der Waals surface area contributed by atoms with Gasteiger partial charge in [-0.15, -0.1) is 0 Å². The minimum atomic E-state index is 0.0658. The predicted molar refractivity (Wildman–Crippen MR) is 68.3 cm³/mol. The van der Waals surface area contributed by atoms with E-state index in [-0.39, 0.29) is 6.04 Å². The zero-order valence-corrected chi connectivity index (χ0v) is 10.5. The number of hydrogen-bond acceptors (Lipinski definition) is 5. The largest absolute Gasteiger partial charge is 0.480 e. The first-order chi connectivity index (χ1) is 8.85. The monoisotopic (exact) mass is 244 g/mol. The van der Waals surface area contributed by atoms with E-state index in [2.05, 4.69) is 20.3 Å². The number of nitrogens with one attached hydrogen (secondary N) is 1. The lowest BCUT2D eigenvalue weighted by Crippen LogP contribution is -2.21. The van der Waals surface area contributed by atoms with Crippen LogP contribution in [0.15, 0.2) is 36.9 Å². The van der Waals surface area contributed by atoms with E-state index >= 15 is 0 Å². The Hall–Kier alpha value is -2.01. The summed E-state index contributed by atoms with van der Waals surface area (Å²) in [4.78, 5) is 12.5. The minimum Gasteiger partial charge on any atom is -0.480 e. The van der Waals surface area contributed by atoms with Gasteiger partial charge in [0.05, 0.1) is 13.2 Å². The van der Waals surface area contributed by atoms with Gasteiger partial charge in [0.1, 0.15) is 5.69 Å². The smallest absolute Gasteiger partial charge is 0.237 e. The zero-order chi connectivity index (χ0) is 12.8. The molecule has 1 unspecified atom stereocenters. The molecule has 94 valence electrons. The summed E-state index contributed by atoms with van der Waals surface area (Å²) in [6.45, 7) is 0. The van der Waals surface area contributed by atoms with Gasteiger partial charge in [-0.3, -0.25) is 9.97 Å². The van der Waals surface area contributed by atoms with E-state index in [0.717, 1.165) is 12.1 Å². The summed E-state index contributed by atoms with van der Waals surface area (Å²) in [6.07, 6.45) is 7.69. The fourth-order valence-corrected chi connectivity index (χ4v) is 1.82. The van der Waals surface area contributed by atoms with Crippen LogP contribution in [0.2, 0.25) is 0 Å². The number of rotatable bonds is 5. The van der Waals surface area contributed by atoms with Crippen LogP contribution in [0.3, 0.4) is 0 Å². The normalized spacial score (nSPS) is 12.1. The Kier molecular flexibility index (Phi) is 4.20. The van der Waals surface area contributed by atoms with Crippen LogP contribution in [0.4, 0.5) is 0 Å². The molecule has 0 aliphatic carbocycles. The van der Waals surface area contributed by atoms with Gasteiger partial charge in [0.25, 0.3) is 0 Å². The molecule has 5 heteroatoms. The molecule has 0 saturated carbocycles. The van der Waals surface area contributed by atoms with Crippen molar-refractivity contribution in [3.05, 3.63) is 48.2 Å². The molecule has 0 saturated heterocycles. The topological polar surface area (TPSA) is 59.9 Å². The summed E-state index contributed by atoms with van der Waals surface area (Å²) < 4.78 is 5.24. The Labute approximate surface area is 106 Å². The molecule has 2 aromatic rings. The summed E-state index contributed by atoms with van der Waals surface area (Å²) in [5.41, 5.74) is 2.01. The van der Waals surface area contributed by atoms with Gasteiger partial charge in [0, 0.05) is 24.8 Å². The highest BCUT2D eigenvalue weighted by Crippen LogP contribution is 2.22. The molecular formula is C13H16N4O. The first-order valence-electron chi connectivity index (χ1n) is 5.76. The molecule has 1 N–H and O–H groups in total. The maximum Gasteiger partial charge on any atom is 0.237 e. The number of hydrogen-bond donors (Lipinski definition) is 1. The van der Waals surface area contributed by atoms with Crippen LogP contribution in [-0.4, -0.2) is 29.1 Å². The number of pyridine rings is 1. The molecule has 0 fully saturated rings. The summed E-state index contributed by atoms with van der Waals surface area (Å²) >= 11 is 0. The number of aromatic nitrogens is 3. The lowest BCUT2D eigenvalue weighted by molar-refractivity contribution is 0.379. The van der Waals surface area contributed by atoms with E-state index in [9.17, 15) is 0 Å². The molecule has 1 atom stereocenters. The maximum absolute atomic E-state index is 5.24. The summed E-state index contributed by atoms with van der Waals surface area (Å²) in [7, 11) is 3.51. The fraction of sp³-hybridized carbons (Fsp3) is 0.308. The molecule has 0 amide bonds. The molecule has 18 heavy (non-hydrogen) atoms. The second-order valence-electron chi connectivity index (χ2n) is 3.85. The number of likely N-dealkylation sites (N-methyl/N-ethyl adjacent to an activating group) is 1. The highest BCUT2D eigenvalue weighted by Gasteiger charge is 2.17. The van der Waals surface area contributed by atoms with Gasteiger partial charge < -0.3 is 10.1 Å². The van der Waals surface area contributed by atoms with Crippen molar-refractivity contribution in [1.29, 1.82) is 0 Å². The van der Waals surface area contributed by atoms with Crippen LogP contribution < -0.4 is 10.1 Å². The molecule has 2 aromatic heterocycles. The van der Waals surface area contributed by atoms with Crippen LogP contribution in [-0.2, 0) is 6.42 Å². The Balaban J connectivity index is 2.23. The Morgan fingerprint density at radius 3 is 2.56 bits per heavy atom. The predicted octanol–water partition coefficient (Wildman–Crippen LogP) is 1.38. The van der Waals surface area contributed by atoms with Gasteiger partial charge in [-0.1, -0.05) is 0 Å². The van der Waals surface area contributed by atoms with Crippen molar-refractivity contribution in [2.24, 2.45) is 0 Å². The summed E-state index contributed by atoms with van der Waals surface area (Å²) in [5.74, 6) is 0.561. The fourth-order valence-electron chi connectivity index (χ4n) is 1.82. The van der Waals surface area contributed by atoms with E-state index in [1.165, 1.54) is 5.56 Å². The number of ether oxygens (including phenoxy) is 1. The number of methoxy groups -OCH3 is 1. The van der Waals surface area contributed by atoms with Gasteiger partial charge in [-0.05, 0) is 31.2 Å². The molecule has 0 bridgehead atoms. The van der Waals surface area contributed by atoms with Crippen LogP contribution in [0.25, 0.3) is 0 Å². The second kappa shape index (κ2) is 6.07.